The van der Waals surface area contributed by atoms with Crippen molar-refractivity contribution in [3.05, 3.63) is 59.7 Å². The van der Waals surface area contributed by atoms with E-state index >= 15 is 0 Å². The van der Waals surface area contributed by atoms with E-state index in [0.29, 0.717) is 29.8 Å². The second-order valence-electron chi connectivity index (χ2n) is 6.00. The molecular weight excluding hydrogens is 302 g/mol. The van der Waals surface area contributed by atoms with Gasteiger partial charge in [0.2, 0.25) is 5.91 Å². The van der Waals surface area contributed by atoms with E-state index in [-0.39, 0.29) is 17.9 Å². The van der Waals surface area contributed by atoms with Gasteiger partial charge in [-0.25, -0.2) is 0 Å². The molecule has 0 fully saturated rings. The van der Waals surface area contributed by atoms with E-state index in [2.05, 4.69) is 10.6 Å². The van der Waals surface area contributed by atoms with Crippen molar-refractivity contribution >= 4 is 23.2 Å². The highest BCUT2D eigenvalue weighted by molar-refractivity contribution is 5.97. The number of nitrogen functional groups attached to an aromatic ring is 1. The highest BCUT2D eigenvalue weighted by Crippen LogP contribution is 2.13. The fourth-order valence-electron chi connectivity index (χ4n) is 2.31. The predicted octanol–water partition coefficient (Wildman–Crippen LogP) is 2.98. The van der Waals surface area contributed by atoms with Gasteiger partial charge < -0.3 is 16.4 Å². The SMILES string of the molecule is CC(C)NC(=O)c1cccc(NC(=O)CCc2cccc(N)c2)c1. The number of nitrogens with two attached hydrogens (primary N) is 1. The Morgan fingerprint density at radius 1 is 1.08 bits per heavy atom. The molecule has 126 valence electrons. The molecule has 0 spiro atoms. The third kappa shape index (κ3) is 5.43. The Morgan fingerprint density at radius 3 is 2.54 bits per heavy atom. The third-order valence-electron chi connectivity index (χ3n) is 3.42. The van der Waals surface area contributed by atoms with Crippen molar-refractivity contribution in [3.63, 3.8) is 0 Å². The number of nitrogens with one attached hydrogen (secondary N) is 2. The minimum absolute atomic E-state index is 0.0639. The molecule has 0 aromatic heterocycles. The number of carbonyl (C=O) groups is 2. The topological polar surface area (TPSA) is 84.2 Å². The van der Waals surface area contributed by atoms with E-state index in [1.54, 1.807) is 24.3 Å². The maximum atomic E-state index is 12.1. The Bertz CT molecular complexity index is 726. The van der Waals surface area contributed by atoms with Crippen molar-refractivity contribution in [1.29, 1.82) is 0 Å². The number of hydrogen-bond acceptors (Lipinski definition) is 3. The Labute approximate surface area is 142 Å². The van der Waals surface area contributed by atoms with Gasteiger partial charge in [0, 0.05) is 29.4 Å². The highest BCUT2D eigenvalue weighted by Gasteiger charge is 2.09. The minimum Gasteiger partial charge on any atom is -0.399 e. The van der Waals surface area contributed by atoms with Crippen LogP contribution >= 0.6 is 0 Å². The van der Waals surface area contributed by atoms with Crippen LogP contribution < -0.4 is 16.4 Å². The molecule has 0 unspecified atom stereocenters. The van der Waals surface area contributed by atoms with Gasteiger partial charge in [0.25, 0.3) is 5.91 Å². The molecule has 2 aromatic carbocycles. The lowest BCUT2D eigenvalue weighted by Gasteiger charge is -2.10. The first-order valence-electron chi connectivity index (χ1n) is 7.99. The Kier molecular flexibility index (Phi) is 5.95. The quantitative estimate of drug-likeness (QED) is 0.714. The summed E-state index contributed by atoms with van der Waals surface area (Å²) in [6, 6.07) is 14.5. The molecule has 0 bridgehead atoms. The number of carbonyl (C=O) groups excluding carboxylic acids is 2. The summed E-state index contributed by atoms with van der Waals surface area (Å²) >= 11 is 0. The molecule has 5 nitrogen and oxygen atoms in total. The van der Waals surface area contributed by atoms with Crippen molar-refractivity contribution in [2.45, 2.75) is 32.7 Å². The van der Waals surface area contributed by atoms with Crippen LogP contribution in [0, 0.1) is 0 Å². The maximum absolute atomic E-state index is 12.1. The smallest absolute Gasteiger partial charge is 0.251 e. The fourth-order valence-corrected chi connectivity index (χ4v) is 2.31. The number of anilines is 2. The summed E-state index contributed by atoms with van der Waals surface area (Å²) in [5, 5.41) is 5.65. The lowest BCUT2D eigenvalue weighted by molar-refractivity contribution is -0.116. The minimum atomic E-state index is -0.152. The van der Waals surface area contributed by atoms with E-state index in [9.17, 15) is 9.59 Å². The van der Waals surface area contributed by atoms with Crippen LogP contribution in [-0.4, -0.2) is 17.9 Å². The molecule has 4 N–H and O–H groups in total. The zero-order valence-electron chi connectivity index (χ0n) is 14.0. The molecular formula is C19H23N3O2. The molecule has 5 heteroatoms. The van der Waals surface area contributed by atoms with Gasteiger partial charge in [-0.1, -0.05) is 18.2 Å². The summed E-state index contributed by atoms with van der Waals surface area (Å²) in [7, 11) is 0. The van der Waals surface area contributed by atoms with Crippen LogP contribution in [-0.2, 0) is 11.2 Å². The van der Waals surface area contributed by atoms with Gasteiger partial charge in [-0.3, -0.25) is 9.59 Å². The molecule has 0 saturated heterocycles. The summed E-state index contributed by atoms with van der Waals surface area (Å²) in [6.07, 6.45) is 0.969. The van der Waals surface area contributed by atoms with Crippen molar-refractivity contribution in [2.75, 3.05) is 11.1 Å². The third-order valence-corrected chi connectivity index (χ3v) is 3.42. The molecule has 0 radical (unpaired) electrons. The molecule has 2 aromatic rings. The Hall–Kier alpha value is -2.82. The molecule has 0 heterocycles. The van der Waals surface area contributed by atoms with Crippen LogP contribution in [0.15, 0.2) is 48.5 Å². The van der Waals surface area contributed by atoms with Gasteiger partial charge in [0.15, 0.2) is 0 Å². The van der Waals surface area contributed by atoms with E-state index in [1.807, 2.05) is 38.1 Å². The van der Waals surface area contributed by atoms with Crippen LogP contribution in [0.5, 0.6) is 0 Å². The highest BCUT2D eigenvalue weighted by atomic mass is 16.2. The van der Waals surface area contributed by atoms with Crippen LogP contribution in [0.25, 0.3) is 0 Å². The van der Waals surface area contributed by atoms with Crippen molar-refractivity contribution in [3.8, 4) is 0 Å². The van der Waals surface area contributed by atoms with E-state index in [4.69, 9.17) is 5.73 Å². The lowest BCUT2D eigenvalue weighted by atomic mass is 10.1. The normalized spacial score (nSPS) is 10.5. The van der Waals surface area contributed by atoms with Gasteiger partial charge in [-0.05, 0) is 56.2 Å². The van der Waals surface area contributed by atoms with Crippen molar-refractivity contribution in [2.24, 2.45) is 0 Å². The van der Waals surface area contributed by atoms with E-state index in [0.717, 1.165) is 5.56 Å². The van der Waals surface area contributed by atoms with Crippen LogP contribution in [0.2, 0.25) is 0 Å². The molecule has 0 atom stereocenters. The van der Waals surface area contributed by atoms with Crippen LogP contribution in [0.1, 0.15) is 36.2 Å². The Morgan fingerprint density at radius 2 is 1.83 bits per heavy atom. The summed E-state index contributed by atoms with van der Waals surface area (Å²) in [6.45, 7) is 3.81. The average molecular weight is 325 g/mol. The number of benzene rings is 2. The second-order valence-corrected chi connectivity index (χ2v) is 6.00. The van der Waals surface area contributed by atoms with Gasteiger partial charge >= 0.3 is 0 Å². The molecule has 0 aliphatic rings. The summed E-state index contributed by atoms with van der Waals surface area (Å²) in [5.74, 6) is -0.250. The van der Waals surface area contributed by atoms with E-state index in [1.165, 1.54) is 0 Å². The molecule has 0 aliphatic carbocycles. The predicted molar refractivity (Wildman–Crippen MR) is 96.8 cm³/mol. The van der Waals surface area contributed by atoms with Crippen molar-refractivity contribution in [1.82, 2.24) is 5.32 Å². The van der Waals surface area contributed by atoms with Crippen LogP contribution in [0.4, 0.5) is 11.4 Å². The van der Waals surface area contributed by atoms with Gasteiger partial charge in [0.1, 0.15) is 0 Å². The number of aryl methyl sites for hydroxylation is 1. The first-order valence-corrected chi connectivity index (χ1v) is 7.99. The standard InChI is InChI=1S/C19H23N3O2/c1-13(2)21-19(24)15-6-4-8-17(12-15)22-18(23)10-9-14-5-3-7-16(20)11-14/h3-8,11-13H,9-10,20H2,1-2H3,(H,21,24)(H,22,23). The maximum Gasteiger partial charge on any atom is 0.251 e. The zero-order valence-corrected chi connectivity index (χ0v) is 14.0. The van der Waals surface area contributed by atoms with E-state index < -0.39 is 0 Å². The number of rotatable bonds is 6. The molecule has 0 aliphatic heterocycles. The molecule has 2 rings (SSSR count). The van der Waals surface area contributed by atoms with Gasteiger partial charge in [-0.15, -0.1) is 0 Å². The zero-order chi connectivity index (χ0) is 17.5. The number of hydrogen-bond donors (Lipinski definition) is 3. The summed E-state index contributed by atoms with van der Waals surface area (Å²) in [5.41, 5.74) is 8.58. The first-order chi connectivity index (χ1) is 11.4. The Balaban J connectivity index is 1.93. The first kappa shape index (κ1) is 17.5. The van der Waals surface area contributed by atoms with Gasteiger partial charge in [-0.2, -0.15) is 0 Å². The summed E-state index contributed by atoms with van der Waals surface area (Å²) < 4.78 is 0. The lowest BCUT2D eigenvalue weighted by Crippen LogP contribution is -2.30. The molecule has 0 saturated carbocycles. The summed E-state index contributed by atoms with van der Waals surface area (Å²) in [4.78, 5) is 24.1. The monoisotopic (exact) mass is 325 g/mol. The largest absolute Gasteiger partial charge is 0.399 e. The molecule has 2 amide bonds. The number of amides is 2. The van der Waals surface area contributed by atoms with Crippen molar-refractivity contribution < 1.29 is 9.59 Å². The second kappa shape index (κ2) is 8.15. The van der Waals surface area contributed by atoms with Gasteiger partial charge in [0.05, 0.1) is 0 Å². The molecule has 24 heavy (non-hydrogen) atoms. The van der Waals surface area contributed by atoms with Crippen LogP contribution in [0.3, 0.4) is 0 Å². The fraction of sp³-hybridized carbons (Fsp3) is 0.263. The average Bonchev–Trinajstić information content (AvgIpc) is 2.53.